The van der Waals surface area contributed by atoms with E-state index in [1.54, 1.807) is 27.1 Å². The highest BCUT2D eigenvalue weighted by Gasteiger charge is 2.54. The minimum Gasteiger partial charge on any atom is -0.438 e. The number of carbonyl (C=O) groups excluding carboxylic acids is 1. The largest absolute Gasteiger partial charge is 0.438 e. The predicted octanol–water partition coefficient (Wildman–Crippen LogP) is 2.73. The number of hydrogen-bond donors (Lipinski definition) is 1. The fourth-order valence-corrected chi connectivity index (χ4v) is 3.78. The van der Waals surface area contributed by atoms with Crippen molar-refractivity contribution >= 4 is 30.5 Å². The molecule has 2 aromatic rings. The van der Waals surface area contributed by atoms with Gasteiger partial charge in [0, 0.05) is 0 Å². The summed E-state index contributed by atoms with van der Waals surface area (Å²) >= 11 is 0. The number of fused-ring (bicyclic) bond motifs is 1. The van der Waals surface area contributed by atoms with Gasteiger partial charge in [0.05, 0.1) is 31.0 Å². The fraction of sp³-hybridized carbons (Fsp3) is 0.611. The third-order valence-electron chi connectivity index (χ3n) is 5.02. The molecule has 1 aliphatic carbocycles. The monoisotopic (exact) mass is 440 g/mol. The van der Waals surface area contributed by atoms with Crippen LogP contribution in [0.15, 0.2) is 12.7 Å². The highest BCUT2D eigenvalue weighted by atomic mass is 31.2. The Kier molecular flexibility index (Phi) is 6.20. The van der Waals surface area contributed by atoms with E-state index < -0.39 is 31.4 Å². The van der Waals surface area contributed by atoms with Crippen molar-refractivity contribution < 1.29 is 27.9 Å². The molecule has 30 heavy (non-hydrogen) atoms. The molecule has 1 saturated carbocycles. The molecule has 2 heterocycles. The highest BCUT2D eigenvalue weighted by Crippen LogP contribution is 2.54. The number of hydrogen-bond acceptors (Lipinski definition) is 10. The average molecular weight is 440 g/mol. The van der Waals surface area contributed by atoms with E-state index in [0.717, 1.165) is 6.42 Å². The number of imidazole rings is 1. The summed E-state index contributed by atoms with van der Waals surface area (Å²) in [6, 6.07) is 0. The molecule has 0 aliphatic heterocycles. The molecule has 12 heteroatoms. The van der Waals surface area contributed by atoms with Crippen molar-refractivity contribution in [2.75, 3.05) is 18.9 Å². The maximum atomic E-state index is 12.8. The molecule has 2 N–H and O–H groups in total. The lowest BCUT2D eigenvalue weighted by atomic mass is 9.98. The van der Waals surface area contributed by atoms with Gasteiger partial charge in [-0.05, 0) is 33.1 Å². The summed E-state index contributed by atoms with van der Waals surface area (Å²) in [4.78, 5) is 24.2. The molecule has 0 bridgehead atoms. The first-order chi connectivity index (χ1) is 14.0. The molecular formula is C18H27N5O6P. The van der Waals surface area contributed by atoms with Gasteiger partial charge in [0.2, 0.25) is 6.79 Å². The van der Waals surface area contributed by atoms with Crippen molar-refractivity contribution in [1.82, 2.24) is 19.5 Å². The van der Waals surface area contributed by atoms with Crippen molar-refractivity contribution in [1.29, 1.82) is 0 Å². The first-order valence-electron chi connectivity index (χ1n) is 9.39. The number of nitrogens with two attached hydrogens (primary N) is 1. The van der Waals surface area contributed by atoms with Crippen molar-refractivity contribution in [3.63, 3.8) is 0 Å². The third-order valence-corrected chi connectivity index (χ3v) is 6.35. The molecule has 0 amide bonds. The van der Waals surface area contributed by atoms with Crippen LogP contribution in [0.1, 0.15) is 34.1 Å². The Balaban J connectivity index is 1.62. The smallest absolute Gasteiger partial charge is 0.359 e. The van der Waals surface area contributed by atoms with Crippen LogP contribution in [0.4, 0.5) is 5.82 Å². The minimum absolute atomic E-state index is 0.200. The van der Waals surface area contributed by atoms with Gasteiger partial charge in [-0.15, -0.1) is 0 Å². The van der Waals surface area contributed by atoms with Gasteiger partial charge in [0.15, 0.2) is 11.5 Å². The van der Waals surface area contributed by atoms with E-state index in [0.29, 0.717) is 23.5 Å². The van der Waals surface area contributed by atoms with E-state index in [4.69, 9.17) is 24.3 Å². The van der Waals surface area contributed by atoms with Crippen molar-refractivity contribution in [2.45, 2.75) is 46.3 Å². The lowest BCUT2D eigenvalue weighted by Crippen LogP contribution is -2.26. The molecule has 1 fully saturated rings. The Morgan fingerprint density at radius 1 is 1.40 bits per heavy atom. The summed E-state index contributed by atoms with van der Waals surface area (Å²) in [6.45, 7) is 7.03. The SMILES string of the molecule is [CH2]OP(=O)(COC1(Cn2cnc3c(N)ncnc32)CC1C)OCOC(=O)C(C)(C)C. The first kappa shape index (κ1) is 22.6. The number of nitrogen functional groups attached to an aromatic ring is 1. The summed E-state index contributed by atoms with van der Waals surface area (Å²) in [5, 5.41) is 0. The van der Waals surface area contributed by atoms with Crippen LogP contribution in [0.5, 0.6) is 0 Å². The fourth-order valence-electron chi connectivity index (χ4n) is 2.93. The van der Waals surface area contributed by atoms with Crippen LogP contribution in [0.2, 0.25) is 0 Å². The van der Waals surface area contributed by atoms with Crippen LogP contribution in [0.25, 0.3) is 11.2 Å². The van der Waals surface area contributed by atoms with E-state index >= 15 is 0 Å². The average Bonchev–Trinajstić information content (AvgIpc) is 3.12. The Bertz CT molecular complexity index is 974. The second kappa shape index (κ2) is 8.22. The number of ether oxygens (including phenoxy) is 2. The summed E-state index contributed by atoms with van der Waals surface area (Å²) in [7, 11) is -0.503. The van der Waals surface area contributed by atoms with Gasteiger partial charge in [-0.2, -0.15) is 0 Å². The zero-order chi connectivity index (χ0) is 22.2. The zero-order valence-electron chi connectivity index (χ0n) is 17.5. The quantitative estimate of drug-likeness (QED) is 0.351. The molecule has 0 aromatic carbocycles. The molecule has 165 valence electrons. The molecule has 1 radical (unpaired) electrons. The minimum atomic E-state index is -3.72. The molecule has 3 rings (SSSR count). The van der Waals surface area contributed by atoms with Crippen LogP contribution in [-0.2, 0) is 34.4 Å². The van der Waals surface area contributed by atoms with E-state index in [1.807, 2.05) is 11.5 Å². The van der Waals surface area contributed by atoms with Gasteiger partial charge >= 0.3 is 13.6 Å². The van der Waals surface area contributed by atoms with Gasteiger partial charge in [-0.3, -0.25) is 13.9 Å². The maximum absolute atomic E-state index is 12.8. The molecule has 0 spiro atoms. The van der Waals surface area contributed by atoms with Crippen LogP contribution in [-0.4, -0.2) is 44.2 Å². The van der Waals surface area contributed by atoms with E-state index in [1.165, 1.54) is 6.33 Å². The van der Waals surface area contributed by atoms with Crippen molar-refractivity contribution in [2.24, 2.45) is 11.3 Å². The molecule has 3 unspecified atom stereocenters. The normalized spacial score (nSPS) is 23.3. The van der Waals surface area contributed by atoms with Gasteiger partial charge in [0.25, 0.3) is 0 Å². The number of aromatic nitrogens is 4. The van der Waals surface area contributed by atoms with Gasteiger partial charge in [-0.1, -0.05) is 6.92 Å². The molecule has 3 atom stereocenters. The predicted molar refractivity (Wildman–Crippen MR) is 108 cm³/mol. The Hall–Kier alpha value is -2.07. The van der Waals surface area contributed by atoms with Gasteiger partial charge in [-0.25, -0.2) is 15.0 Å². The second-order valence-electron chi connectivity index (χ2n) is 8.42. The topological polar surface area (TPSA) is 141 Å². The number of rotatable bonds is 9. The molecule has 1 aliphatic rings. The van der Waals surface area contributed by atoms with Crippen molar-refractivity contribution in [3.8, 4) is 0 Å². The summed E-state index contributed by atoms with van der Waals surface area (Å²) < 4.78 is 35.5. The third kappa shape index (κ3) is 4.80. The second-order valence-corrected chi connectivity index (χ2v) is 10.4. The van der Waals surface area contributed by atoms with E-state index in [2.05, 4.69) is 22.1 Å². The molecule has 11 nitrogen and oxygen atoms in total. The summed E-state index contributed by atoms with van der Waals surface area (Å²) in [5.74, 6) is 0.0106. The van der Waals surface area contributed by atoms with Gasteiger partial charge < -0.3 is 24.3 Å². The van der Waals surface area contributed by atoms with Gasteiger partial charge in [0.1, 0.15) is 18.2 Å². The van der Waals surface area contributed by atoms with E-state index in [9.17, 15) is 9.36 Å². The Labute approximate surface area is 174 Å². The van der Waals surface area contributed by atoms with Crippen LogP contribution in [0, 0.1) is 18.4 Å². The summed E-state index contributed by atoms with van der Waals surface area (Å²) in [5.41, 5.74) is 5.64. The number of carbonyl (C=O) groups is 1. The van der Waals surface area contributed by atoms with E-state index in [-0.39, 0.29) is 12.3 Å². The number of anilines is 1. The maximum Gasteiger partial charge on any atom is 0.359 e. The van der Waals surface area contributed by atoms with Crippen LogP contribution >= 0.6 is 7.60 Å². The first-order valence-corrected chi connectivity index (χ1v) is 11.1. The molecule has 2 aromatic heterocycles. The lowest BCUT2D eigenvalue weighted by molar-refractivity contribution is -0.160. The molecule has 0 saturated heterocycles. The number of nitrogens with zero attached hydrogens (tertiary/aromatic N) is 4. The zero-order valence-corrected chi connectivity index (χ0v) is 18.4. The Morgan fingerprint density at radius 3 is 2.70 bits per heavy atom. The Morgan fingerprint density at radius 2 is 2.10 bits per heavy atom. The standard InChI is InChI=1S/C18H27N5O6P/c1-12-6-18(12,7-23-9-22-13-14(19)20-8-21-15(13)23)28-11-30(25,26-5)29-10-27-16(24)17(2,3)4/h8-9,12H,5-7,10-11H2,1-4H3,(H2,19,20,21). The molecular weight excluding hydrogens is 413 g/mol. The lowest BCUT2D eigenvalue weighted by Gasteiger charge is -2.23. The number of esters is 1. The summed E-state index contributed by atoms with van der Waals surface area (Å²) in [6.07, 6.45) is 3.39. The van der Waals surface area contributed by atoms with Crippen LogP contribution in [0.3, 0.4) is 0 Å². The van der Waals surface area contributed by atoms with Crippen molar-refractivity contribution in [3.05, 3.63) is 19.8 Å². The van der Waals surface area contributed by atoms with Crippen LogP contribution < -0.4 is 5.73 Å². The highest BCUT2D eigenvalue weighted by molar-refractivity contribution is 7.53.